The molecular formula is C22H18N3O6S3-. The second-order valence-electron chi connectivity index (χ2n) is 7.62. The summed E-state index contributed by atoms with van der Waals surface area (Å²) >= 11 is 6.07. The van der Waals surface area contributed by atoms with Gasteiger partial charge in [0.25, 0.3) is 11.8 Å². The first-order chi connectivity index (χ1) is 16.0. The molecule has 1 saturated heterocycles. The van der Waals surface area contributed by atoms with Crippen LogP contribution < -0.4 is 10.2 Å². The number of para-hydroxylation sites is 1. The summed E-state index contributed by atoms with van der Waals surface area (Å²) in [5, 5.41) is 2.73. The first-order valence-electron chi connectivity index (χ1n) is 10.0. The predicted molar refractivity (Wildman–Crippen MR) is 132 cm³/mol. The molecule has 0 saturated carbocycles. The lowest BCUT2D eigenvalue weighted by Crippen LogP contribution is -2.36. The van der Waals surface area contributed by atoms with Gasteiger partial charge in [-0.1, -0.05) is 53.8 Å². The monoisotopic (exact) mass is 516 g/mol. The Bertz CT molecular complexity index is 1360. The molecule has 0 aliphatic carbocycles. The Morgan fingerprint density at radius 3 is 2.47 bits per heavy atom. The molecule has 9 nitrogen and oxygen atoms in total. The average molecular weight is 517 g/mol. The third kappa shape index (κ3) is 4.89. The zero-order valence-electron chi connectivity index (χ0n) is 17.8. The van der Waals surface area contributed by atoms with Gasteiger partial charge in [-0.3, -0.25) is 24.2 Å². The maximum atomic E-state index is 13.4. The number of aryl methyl sites for hydroxylation is 1. The van der Waals surface area contributed by atoms with E-state index in [0.29, 0.717) is 16.9 Å². The number of nitrogens with zero attached hydrogens (tertiary/aromatic N) is 2. The first kappa shape index (κ1) is 24.1. The van der Waals surface area contributed by atoms with Crippen LogP contribution in [0.15, 0.2) is 53.4 Å². The fraction of sp³-hybridized carbons (Fsp3) is 0.182. The molecular weight excluding hydrogens is 498 g/mol. The lowest BCUT2D eigenvalue weighted by molar-refractivity contribution is -0.122. The summed E-state index contributed by atoms with van der Waals surface area (Å²) < 4.78 is 33.1. The standard InChI is InChI=1S/C22H19N3O6S3/c1-13-7-8-16-15(11-13)18(19-21(28)24(22(32)33-19)9-10-34(29,30)31)20(27)25(16)12-17(26)23-14-5-3-2-4-6-14/h2-8,11H,9-10,12H2,1H3,(H,23,26)(H,29,30,31)/p-1/b19-18-. The molecule has 3 amide bonds. The van der Waals surface area contributed by atoms with Gasteiger partial charge in [-0.25, -0.2) is 8.42 Å². The normalized spacial score (nSPS) is 18.0. The Kier molecular flexibility index (Phi) is 6.58. The van der Waals surface area contributed by atoms with Crippen LogP contribution in [0, 0.1) is 6.92 Å². The highest BCUT2D eigenvalue weighted by Gasteiger charge is 2.42. The van der Waals surface area contributed by atoms with E-state index in [1.165, 1.54) is 4.90 Å². The molecule has 0 atom stereocenters. The van der Waals surface area contributed by atoms with Gasteiger partial charge in [0.15, 0.2) is 0 Å². The molecule has 1 N–H and O–H groups in total. The molecule has 2 aromatic carbocycles. The van der Waals surface area contributed by atoms with Gasteiger partial charge in [0.2, 0.25) is 5.91 Å². The van der Waals surface area contributed by atoms with Gasteiger partial charge in [0.05, 0.1) is 32.0 Å². The summed E-state index contributed by atoms with van der Waals surface area (Å²) in [6.45, 7) is 1.16. The third-order valence-electron chi connectivity index (χ3n) is 5.17. The van der Waals surface area contributed by atoms with Crippen molar-refractivity contribution < 1.29 is 27.4 Å². The number of anilines is 2. The van der Waals surface area contributed by atoms with Crippen LogP contribution >= 0.6 is 24.0 Å². The topological polar surface area (TPSA) is 127 Å². The van der Waals surface area contributed by atoms with Crippen LogP contribution in [0.3, 0.4) is 0 Å². The number of nitrogens with one attached hydrogen (secondary N) is 1. The van der Waals surface area contributed by atoms with Crippen LogP contribution in [0.1, 0.15) is 11.1 Å². The minimum Gasteiger partial charge on any atom is -0.748 e. The molecule has 0 bridgehead atoms. The van der Waals surface area contributed by atoms with E-state index >= 15 is 0 Å². The van der Waals surface area contributed by atoms with E-state index in [9.17, 15) is 27.4 Å². The molecule has 176 valence electrons. The molecule has 2 heterocycles. The minimum atomic E-state index is -4.56. The van der Waals surface area contributed by atoms with Gasteiger partial charge in [0, 0.05) is 17.8 Å². The largest absolute Gasteiger partial charge is 0.748 e. The lowest BCUT2D eigenvalue weighted by Gasteiger charge is -2.17. The fourth-order valence-electron chi connectivity index (χ4n) is 3.63. The molecule has 0 spiro atoms. The molecule has 0 radical (unpaired) electrons. The number of benzene rings is 2. The van der Waals surface area contributed by atoms with Crippen molar-refractivity contribution in [1.29, 1.82) is 0 Å². The SMILES string of the molecule is Cc1ccc2c(c1)/C(=C1/SC(=S)N(CCS(=O)(=O)[O-])C1=O)C(=O)N2CC(=O)Nc1ccccc1. The van der Waals surface area contributed by atoms with Crippen molar-refractivity contribution in [2.75, 3.05) is 29.1 Å². The Labute approximate surface area is 205 Å². The lowest BCUT2D eigenvalue weighted by atomic mass is 10.0. The van der Waals surface area contributed by atoms with Crippen LogP contribution in [0.5, 0.6) is 0 Å². The molecule has 1 fully saturated rings. The minimum absolute atomic E-state index is 0.0381. The Morgan fingerprint density at radius 1 is 1.09 bits per heavy atom. The zero-order chi connectivity index (χ0) is 24.6. The van der Waals surface area contributed by atoms with E-state index in [1.54, 1.807) is 42.5 Å². The number of hydrogen-bond acceptors (Lipinski definition) is 8. The third-order valence-corrected chi connectivity index (χ3v) is 7.30. The van der Waals surface area contributed by atoms with Gasteiger partial charge in [-0.05, 0) is 31.2 Å². The summed E-state index contributed by atoms with van der Waals surface area (Å²) in [5.74, 6) is -2.40. The van der Waals surface area contributed by atoms with Gasteiger partial charge in [-0.15, -0.1) is 0 Å². The average Bonchev–Trinajstić information content (AvgIpc) is 3.18. The number of hydrogen-bond donors (Lipinski definition) is 1. The molecule has 0 aromatic heterocycles. The summed E-state index contributed by atoms with van der Waals surface area (Å²) in [7, 11) is -4.56. The van der Waals surface area contributed by atoms with Crippen molar-refractivity contribution in [3.8, 4) is 0 Å². The zero-order valence-corrected chi connectivity index (χ0v) is 20.3. The van der Waals surface area contributed by atoms with E-state index in [2.05, 4.69) is 5.32 Å². The number of thiocarbonyl (C=S) groups is 1. The quantitative estimate of drug-likeness (QED) is 0.351. The van der Waals surface area contributed by atoms with E-state index in [0.717, 1.165) is 22.2 Å². The summed E-state index contributed by atoms with van der Waals surface area (Å²) in [6, 6.07) is 14.0. The summed E-state index contributed by atoms with van der Waals surface area (Å²) in [6.07, 6.45) is 0. The fourth-order valence-corrected chi connectivity index (χ4v) is 5.42. The smallest absolute Gasteiger partial charge is 0.267 e. The van der Waals surface area contributed by atoms with Crippen LogP contribution in [-0.2, 0) is 24.5 Å². The highest BCUT2D eigenvalue weighted by atomic mass is 32.2. The summed E-state index contributed by atoms with van der Waals surface area (Å²) in [4.78, 5) is 41.5. The van der Waals surface area contributed by atoms with E-state index in [-0.39, 0.29) is 21.3 Å². The van der Waals surface area contributed by atoms with Crippen molar-refractivity contribution in [2.45, 2.75) is 6.92 Å². The number of thioether (sulfide) groups is 1. The first-order valence-corrected chi connectivity index (χ1v) is 12.8. The number of carbonyl (C=O) groups is 3. The molecule has 4 rings (SSSR count). The van der Waals surface area contributed by atoms with Crippen molar-refractivity contribution in [2.24, 2.45) is 0 Å². The maximum Gasteiger partial charge on any atom is 0.267 e. The van der Waals surface area contributed by atoms with E-state index in [4.69, 9.17) is 12.2 Å². The van der Waals surface area contributed by atoms with Crippen LogP contribution in [0.25, 0.3) is 5.57 Å². The van der Waals surface area contributed by atoms with E-state index < -0.39 is 40.1 Å². The van der Waals surface area contributed by atoms with Crippen molar-refractivity contribution in [1.82, 2.24) is 4.90 Å². The van der Waals surface area contributed by atoms with E-state index in [1.807, 2.05) is 13.0 Å². The number of amides is 3. The number of fused-ring (bicyclic) bond motifs is 1. The van der Waals surface area contributed by atoms with Gasteiger partial charge in [-0.2, -0.15) is 0 Å². The van der Waals surface area contributed by atoms with Gasteiger partial charge >= 0.3 is 0 Å². The second-order valence-corrected chi connectivity index (χ2v) is 10.8. The van der Waals surface area contributed by atoms with Crippen LogP contribution in [-0.4, -0.2) is 58.8 Å². The van der Waals surface area contributed by atoms with Gasteiger partial charge < -0.3 is 9.87 Å². The maximum absolute atomic E-state index is 13.4. The van der Waals surface area contributed by atoms with Crippen LogP contribution in [0.4, 0.5) is 11.4 Å². The molecule has 2 aliphatic rings. The van der Waals surface area contributed by atoms with Crippen molar-refractivity contribution in [3.63, 3.8) is 0 Å². The molecule has 2 aliphatic heterocycles. The molecule has 12 heteroatoms. The number of carbonyl (C=O) groups excluding carboxylic acids is 3. The Balaban J connectivity index is 1.66. The highest BCUT2D eigenvalue weighted by molar-refractivity contribution is 8.26. The Morgan fingerprint density at radius 2 is 1.79 bits per heavy atom. The highest BCUT2D eigenvalue weighted by Crippen LogP contribution is 2.44. The number of rotatable bonds is 6. The molecule has 34 heavy (non-hydrogen) atoms. The van der Waals surface area contributed by atoms with Gasteiger partial charge in [0.1, 0.15) is 10.9 Å². The van der Waals surface area contributed by atoms with Crippen LogP contribution in [0.2, 0.25) is 0 Å². The second kappa shape index (κ2) is 9.29. The van der Waals surface area contributed by atoms with Crippen molar-refractivity contribution in [3.05, 3.63) is 64.6 Å². The molecule has 0 unspecified atom stereocenters. The molecule has 2 aromatic rings. The Hall–Kier alpha value is -3.06. The predicted octanol–water partition coefficient (Wildman–Crippen LogP) is 2.10. The summed E-state index contributed by atoms with van der Waals surface area (Å²) in [5.41, 5.74) is 2.47. The van der Waals surface area contributed by atoms with Crippen molar-refractivity contribution >= 4 is 73.1 Å².